The number of aliphatic hydroxyl groups excluding tert-OH is 1. The van der Waals surface area contributed by atoms with Gasteiger partial charge in [-0.15, -0.1) is 0 Å². The summed E-state index contributed by atoms with van der Waals surface area (Å²) in [5.41, 5.74) is 0.973. The largest absolute Gasteiger partial charge is 0.505 e. The number of phenols is 1. The van der Waals surface area contributed by atoms with Gasteiger partial charge in [0.1, 0.15) is 0 Å². The van der Waals surface area contributed by atoms with E-state index in [4.69, 9.17) is 0 Å². The first kappa shape index (κ1) is 31.3. The Labute approximate surface area is 248 Å². The van der Waals surface area contributed by atoms with Crippen LogP contribution in [0.4, 0.5) is 17.6 Å². The van der Waals surface area contributed by atoms with Crippen LogP contribution in [0.2, 0.25) is 0 Å². The van der Waals surface area contributed by atoms with Crippen LogP contribution in [-0.4, -0.2) is 10.2 Å². The fourth-order valence-electron chi connectivity index (χ4n) is 8.53. The highest BCUT2D eigenvalue weighted by molar-refractivity contribution is 5.32. The van der Waals surface area contributed by atoms with Crippen molar-refractivity contribution in [1.29, 1.82) is 0 Å². The minimum absolute atomic E-state index is 0.0383. The second-order valence-corrected chi connectivity index (χ2v) is 13.7. The Balaban J connectivity index is 1.02. The zero-order chi connectivity index (χ0) is 29.8. The van der Waals surface area contributed by atoms with E-state index in [0.717, 1.165) is 63.2 Å². The number of phenolic OH excluding ortho intramolecular Hbond substituents is 1. The second-order valence-electron chi connectivity index (χ2n) is 13.7. The smallest absolute Gasteiger partial charge is 0.200 e. The Hall–Kier alpha value is -2.08. The van der Waals surface area contributed by atoms with Crippen LogP contribution < -0.4 is 0 Å². The summed E-state index contributed by atoms with van der Waals surface area (Å²) in [6.07, 6.45) is 15.6. The summed E-state index contributed by atoms with van der Waals surface area (Å²) in [6.45, 7) is 1.92. The predicted molar refractivity (Wildman–Crippen MR) is 158 cm³/mol. The number of hydrogen-bond donors (Lipinski definition) is 2. The van der Waals surface area contributed by atoms with Gasteiger partial charge < -0.3 is 10.2 Å². The van der Waals surface area contributed by atoms with E-state index in [2.05, 4.69) is 0 Å². The molecule has 232 valence electrons. The van der Waals surface area contributed by atoms with Crippen molar-refractivity contribution in [2.45, 2.75) is 128 Å². The van der Waals surface area contributed by atoms with Crippen LogP contribution in [0, 0.1) is 46.9 Å². The summed E-state index contributed by atoms with van der Waals surface area (Å²) in [5, 5.41) is 19.6. The third kappa shape index (κ3) is 7.00. The van der Waals surface area contributed by atoms with Crippen LogP contribution in [0.5, 0.6) is 5.75 Å². The lowest BCUT2D eigenvalue weighted by Gasteiger charge is -2.38. The van der Waals surface area contributed by atoms with Crippen LogP contribution >= 0.6 is 0 Å². The third-order valence-electron chi connectivity index (χ3n) is 11.2. The standard InChI is InChI=1S/C36H48F4O2/c1-2-3-31(41)30-19-18-28(33(37)35(30)39)26-12-8-23(9-13-26)5-4-22-6-10-24(11-7-22)25-14-16-27(17-15-25)29-20-21-32(42)36(40)34(29)38/h18-27,31,41-42H,2-17H2,1H3. The number of rotatable bonds is 9. The zero-order valence-corrected chi connectivity index (χ0v) is 25.1. The lowest BCUT2D eigenvalue weighted by Crippen LogP contribution is -2.26. The van der Waals surface area contributed by atoms with E-state index < -0.39 is 35.1 Å². The quantitative estimate of drug-likeness (QED) is 0.286. The molecule has 0 spiro atoms. The van der Waals surface area contributed by atoms with Crippen molar-refractivity contribution in [3.05, 3.63) is 64.2 Å². The molecule has 2 aromatic carbocycles. The molecule has 3 aliphatic carbocycles. The highest BCUT2D eigenvalue weighted by atomic mass is 19.2. The highest BCUT2D eigenvalue weighted by Gasteiger charge is 2.33. The molecule has 0 bridgehead atoms. The SMILES string of the molecule is CCCC(O)c1ccc(C2CCC(CCC3CCC(C4CCC(c5ccc(O)c(F)c5F)CC4)CC3)CC2)c(F)c1F. The van der Waals surface area contributed by atoms with Crippen molar-refractivity contribution in [1.82, 2.24) is 0 Å². The molecule has 3 aliphatic rings. The van der Waals surface area contributed by atoms with Gasteiger partial charge in [0.05, 0.1) is 6.10 Å². The number of benzene rings is 2. The Kier molecular flexibility index (Phi) is 10.6. The monoisotopic (exact) mass is 588 g/mol. The van der Waals surface area contributed by atoms with Gasteiger partial charge in [-0.1, -0.05) is 57.2 Å². The molecule has 1 unspecified atom stereocenters. The molecule has 5 rings (SSSR count). The molecule has 1 atom stereocenters. The van der Waals surface area contributed by atoms with Gasteiger partial charge in [0.15, 0.2) is 23.2 Å². The maximum absolute atomic E-state index is 14.9. The normalized spacial score (nSPS) is 29.4. The summed E-state index contributed by atoms with van der Waals surface area (Å²) in [4.78, 5) is 0. The molecule has 0 heterocycles. The van der Waals surface area contributed by atoms with Crippen molar-refractivity contribution in [2.24, 2.45) is 23.7 Å². The lowest BCUT2D eigenvalue weighted by molar-refractivity contribution is 0.150. The maximum Gasteiger partial charge on any atom is 0.200 e. The second kappa shape index (κ2) is 14.1. The molecule has 3 saturated carbocycles. The molecule has 2 aromatic rings. The average Bonchev–Trinajstić information content (AvgIpc) is 3.01. The van der Waals surface area contributed by atoms with Gasteiger partial charge in [0.2, 0.25) is 5.82 Å². The van der Waals surface area contributed by atoms with Crippen LogP contribution in [0.1, 0.15) is 144 Å². The molecular weight excluding hydrogens is 540 g/mol. The van der Waals surface area contributed by atoms with E-state index in [0.29, 0.717) is 35.8 Å². The molecule has 0 aliphatic heterocycles. The molecule has 0 saturated heterocycles. The van der Waals surface area contributed by atoms with Crippen molar-refractivity contribution in [2.75, 3.05) is 0 Å². The predicted octanol–water partition coefficient (Wildman–Crippen LogP) is 10.6. The average molecular weight is 589 g/mol. The highest BCUT2D eigenvalue weighted by Crippen LogP contribution is 2.46. The summed E-state index contributed by atoms with van der Waals surface area (Å²) in [6, 6.07) is 6.10. The number of aromatic hydroxyl groups is 1. The van der Waals surface area contributed by atoms with Crippen molar-refractivity contribution < 1.29 is 27.8 Å². The van der Waals surface area contributed by atoms with Gasteiger partial charge in [-0.05, 0) is 123 Å². The topological polar surface area (TPSA) is 40.5 Å². The Morgan fingerprint density at radius 1 is 0.619 bits per heavy atom. The minimum Gasteiger partial charge on any atom is -0.505 e. The lowest BCUT2D eigenvalue weighted by atomic mass is 9.67. The van der Waals surface area contributed by atoms with E-state index in [1.165, 1.54) is 44.6 Å². The summed E-state index contributed by atoms with van der Waals surface area (Å²) in [7, 11) is 0. The van der Waals surface area contributed by atoms with E-state index in [1.54, 1.807) is 18.2 Å². The number of hydrogen-bond acceptors (Lipinski definition) is 2. The first-order valence-corrected chi connectivity index (χ1v) is 16.6. The van der Waals surface area contributed by atoms with Crippen molar-refractivity contribution in [3.63, 3.8) is 0 Å². The van der Waals surface area contributed by atoms with E-state index in [-0.39, 0.29) is 17.4 Å². The van der Waals surface area contributed by atoms with Crippen LogP contribution in [-0.2, 0) is 0 Å². The van der Waals surface area contributed by atoms with E-state index in [1.807, 2.05) is 6.92 Å². The molecule has 2 nitrogen and oxygen atoms in total. The zero-order valence-electron chi connectivity index (χ0n) is 25.1. The molecular formula is C36H48F4O2. The van der Waals surface area contributed by atoms with Gasteiger partial charge in [-0.3, -0.25) is 0 Å². The first-order valence-electron chi connectivity index (χ1n) is 16.6. The summed E-state index contributed by atoms with van der Waals surface area (Å²) >= 11 is 0. The first-order chi connectivity index (χ1) is 20.3. The van der Waals surface area contributed by atoms with Gasteiger partial charge in [0, 0.05) is 5.56 Å². The van der Waals surface area contributed by atoms with Gasteiger partial charge in [-0.25, -0.2) is 13.2 Å². The van der Waals surface area contributed by atoms with Crippen molar-refractivity contribution >= 4 is 0 Å². The Morgan fingerprint density at radius 3 is 1.62 bits per heavy atom. The van der Waals surface area contributed by atoms with Gasteiger partial charge in [0.25, 0.3) is 0 Å². The molecule has 3 fully saturated rings. The van der Waals surface area contributed by atoms with Gasteiger partial charge >= 0.3 is 0 Å². The van der Waals surface area contributed by atoms with E-state index in [9.17, 15) is 27.8 Å². The molecule has 6 heteroatoms. The number of halogens is 4. The summed E-state index contributed by atoms with van der Waals surface area (Å²) in [5.74, 6) is -1.31. The molecule has 0 amide bonds. The molecule has 0 aromatic heterocycles. The Morgan fingerprint density at radius 2 is 1.07 bits per heavy atom. The van der Waals surface area contributed by atoms with Crippen LogP contribution in [0.25, 0.3) is 0 Å². The number of aliphatic hydroxyl groups is 1. The van der Waals surface area contributed by atoms with Crippen molar-refractivity contribution in [3.8, 4) is 5.75 Å². The fourth-order valence-corrected chi connectivity index (χ4v) is 8.53. The van der Waals surface area contributed by atoms with Crippen LogP contribution in [0.3, 0.4) is 0 Å². The van der Waals surface area contributed by atoms with E-state index >= 15 is 0 Å². The molecule has 42 heavy (non-hydrogen) atoms. The molecule has 2 N–H and O–H groups in total. The minimum atomic E-state index is -1.13. The maximum atomic E-state index is 14.9. The third-order valence-corrected chi connectivity index (χ3v) is 11.2. The van der Waals surface area contributed by atoms with Crippen LogP contribution in [0.15, 0.2) is 24.3 Å². The Bertz CT molecular complexity index is 1180. The fraction of sp³-hybridized carbons (Fsp3) is 0.667. The summed E-state index contributed by atoms with van der Waals surface area (Å²) < 4.78 is 57.8. The van der Waals surface area contributed by atoms with Gasteiger partial charge in [-0.2, -0.15) is 4.39 Å². The molecule has 0 radical (unpaired) electrons.